The molecule has 0 radical (unpaired) electrons. The highest BCUT2D eigenvalue weighted by Gasteiger charge is 2.66. The van der Waals surface area contributed by atoms with Crippen LogP contribution in [0.25, 0.3) is 0 Å². The third kappa shape index (κ3) is 5.37. The molecular weight excluding hydrogens is 528 g/mol. The highest BCUT2D eigenvalue weighted by atomic mass is 32.2. The predicted octanol–water partition coefficient (Wildman–Crippen LogP) is 1.05. The fraction of sp³-hybridized carbons (Fsp3) is 0.692. The number of nitrogens with zero attached hydrogens (tertiary/aromatic N) is 2. The van der Waals surface area contributed by atoms with E-state index in [2.05, 4.69) is 19.2 Å². The number of hydrogen-bond acceptors (Lipinski definition) is 7. The van der Waals surface area contributed by atoms with Gasteiger partial charge in [-0.05, 0) is 55.6 Å². The van der Waals surface area contributed by atoms with E-state index in [-0.39, 0.29) is 54.8 Å². The average Bonchev–Trinajstić information content (AvgIpc) is 3.17. The van der Waals surface area contributed by atoms with Crippen LogP contribution in [0.1, 0.15) is 45.1 Å². The Kier molecular flexibility index (Phi) is 7.76. The van der Waals surface area contributed by atoms with Crippen molar-refractivity contribution < 1.29 is 26.4 Å². The van der Waals surface area contributed by atoms with E-state index < -0.39 is 43.3 Å². The molecule has 2 saturated carbocycles. The van der Waals surface area contributed by atoms with Crippen molar-refractivity contribution >= 4 is 37.4 Å². The minimum atomic E-state index is -3.82. The van der Waals surface area contributed by atoms with Crippen molar-refractivity contribution in [2.24, 2.45) is 22.5 Å². The molecule has 1 heterocycles. The standard InChI is InChI=1S/C26H40N4O6S2/c1-18-7-5-6-8-21(18)30-13-12-29(16-23(30)31)38(35,36)17-26-11-9-19(25(26,2)3)15-22(26)28-24(32)20(27)10-14-37(4,33)34/h5-8,19-20,22H,9-17,27H2,1-4H3,(H,28,32)/t19?,20-,22?,26?/m0/s1. The molecule has 1 saturated heterocycles. The molecule has 3 fully saturated rings. The van der Waals surface area contributed by atoms with E-state index in [1.807, 2.05) is 31.2 Å². The molecule has 3 N–H and O–H groups in total. The summed E-state index contributed by atoms with van der Waals surface area (Å²) in [5, 5.41) is 2.99. The number of aryl methyl sites for hydroxylation is 1. The van der Waals surface area contributed by atoms with E-state index in [9.17, 15) is 26.4 Å². The van der Waals surface area contributed by atoms with Crippen LogP contribution < -0.4 is 16.0 Å². The summed E-state index contributed by atoms with van der Waals surface area (Å²) in [5.74, 6) is -0.827. The number of benzene rings is 1. The Morgan fingerprint density at radius 1 is 1.18 bits per heavy atom. The van der Waals surface area contributed by atoms with Crippen molar-refractivity contribution in [1.29, 1.82) is 0 Å². The summed E-state index contributed by atoms with van der Waals surface area (Å²) in [4.78, 5) is 27.6. The van der Waals surface area contributed by atoms with E-state index in [4.69, 9.17) is 5.73 Å². The van der Waals surface area contributed by atoms with Crippen molar-refractivity contribution in [1.82, 2.24) is 9.62 Å². The van der Waals surface area contributed by atoms with Gasteiger partial charge in [-0.3, -0.25) is 9.59 Å². The molecule has 4 atom stereocenters. The molecule has 0 aromatic heterocycles. The highest BCUT2D eigenvalue weighted by molar-refractivity contribution is 7.90. The van der Waals surface area contributed by atoms with Gasteiger partial charge in [0.15, 0.2) is 0 Å². The molecule has 212 valence electrons. The van der Waals surface area contributed by atoms with Crippen LogP contribution in [0.3, 0.4) is 0 Å². The summed E-state index contributed by atoms with van der Waals surface area (Å²) < 4.78 is 51.9. The molecule has 1 aromatic carbocycles. The third-order valence-corrected chi connectivity index (χ3v) is 12.3. The van der Waals surface area contributed by atoms with Gasteiger partial charge < -0.3 is 16.0 Å². The van der Waals surface area contributed by atoms with Gasteiger partial charge in [0.05, 0.1) is 24.1 Å². The number of amides is 2. The van der Waals surface area contributed by atoms with Crippen LogP contribution in [0.5, 0.6) is 0 Å². The fourth-order valence-electron chi connectivity index (χ4n) is 6.80. The first kappa shape index (κ1) is 29.0. The molecule has 2 aliphatic carbocycles. The van der Waals surface area contributed by atoms with Gasteiger partial charge >= 0.3 is 0 Å². The number of carbonyl (C=O) groups is 2. The lowest BCUT2D eigenvalue weighted by atomic mass is 9.69. The Labute approximate surface area is 226 Å². The lowest BCUT2D eigenvalue weighted by Gasteiger charge is -2.44. The minimum Gasteiger partial charge on any atom is -0.351 e. The van der Waals surface area contributed by atoms with Gasteiger partial charge in [-0.2, -0.15) is 4.31 Å². The summed E-state index contributed by atoms with van der Waals surface area (Å²) in [6.45, 7) is 6.32. The minimum absolute atomic E-state index is 0.00276. The van der Waals surface area contributed by atoms with Crippen LogP contribution in [0.15, 0.2) is 24.3 Å². The summed E-state index contributed by atoms with van der Waals surface area (Å²) in [6.07, 6.45) is 3.26. The molecule has 2 bridgehead atoms. The van der Waals surface area contributed by atoms with E-state index in [0.29, 0.717) is 12.8 Å². The SMILES string of the molecule is Cc1ccccc1N1CCN(S(=O)(=O)CC23CCC(CC2NC(=O)[C@@H](N)CCS(C)(=O)=O)C3(C)C)CC1=O. The number of sulfone groups is 1. The second kappa shape index (κ2) is 10.2. The maximum Gasteiger partial charge on any atom is 0.242 e. The molecule has 3 aliphatic rings. The number of nitrogens with one attached hydrogen (secondary N) is 1. The molecule has 2 amide bonds. The number of fused-ring (bicyclic) bond motifs is 2. The number of nitrogens with two attached hydrogens (primary N) is 1. The van der Waals surface area contributed by atoms with E-state index in [1.54, 1.807) is 4.90 Å². The Balaban J connectivity index is 1.50. The van der Waals surface area contributed by atoms with Gasteiger partial charge in [0.2, 0.25) is 21.8 Å². The second-order valence-electron chi connectivity index (χ2n) is 11.9. The quantitative estimate of drug-likeness (QED) is 0.453. The molecule has 3 unspecified atom stereocenters. The van der Waals surface area contributed by atoms with Crippen LogP contribution in [-0.2, 0) is 29.4 Å². The van der Waals surface area contributed by atoms with E-state index >= 15 is 0 Å². The topological polar surface area (TPSA) is 147 Å². The second-order valence-corrected chi connectivity index (χ2v) is 16.1. The van der Waals surface area contributed by atoms with Gasteiger partial charge in [0.1, 0.15) is 9.84 Å². The first-order valence-electron chi connectivity index (χ1n) is 13.1. The number of carbonyl (C=O) groups excluding carboxylic acids is 2. The fourth-order valence-corrected chi connectivity index (χ4v) is 9.70. The summed E-state index contributed by atoms with van der Waals surface area (Å²) in [7, 11) is -7.08. The van der Waals surface area contributed by atoms with Crippen molar-refractivity contribution in [2.45, 2.75) is 58.5 Å². The lowest BCUT2D eigenvalue weighted by molar-refractivity contribution is -0.124. The maximum atomic E-state index is 13.8. The van der Waals surface area contributed by atoms with Gasteiger partial charge in [0, 0.05) is 36.5 Å². The van der Waals surface area contributed by atoms with E-state index in [0.717, 1.165) is 23.9 Å². The number of piperazine rings is 1. The zero-order chi connectivity index (χ0) is 28.1. The zero-order valence-corrected chi connectivity index (χ0v) is 24.3. The molecule has 0 spiro atoms. The third-order valence-electron chi connectivity index (χ3n) is 9.31. The number of hydrogen-bond donors (Lipinski definition) is 2. The average molecular weight is 569 g/mol. The number of anilines is 1. The van der Waals surface area contributed by atoms with Crippen LogP contribution in [0, 0.1) is 23.7 Å². The number of rotatable bonds is 9. The predicted molar refractivity (Wildman–Crippen MR) is 147 cm³/mol. The van der Waals surface area contributed by atoms with Gasteiger partial charge in [-0.1, -0.05) is 32.0 Å². The Morgan fingerprint density at radius 2 is 1.87 bits per heavy atom. The highest BCUT2D eigenvalue weighted by Crippen LogP contribution is 2.66. The van der Waals surface area contributed by atoms with Crippen LogP contribution >= 0.6 is 0 Å². The summed E-state index contributed by atoms with van der Waals surface area (Å²) in [6, 6.07) is 6.15. The Morgan fingerprint density at radius 3 is 2.47 bits per heavy atom. The molecule has 10 nitrogen and oxygen atoms in total. The largest absolute Gasteiger partial charge is 0.351 e. The van der Waals surface area contributed by atoms with Gasteiger partial charge in [-0.15, -0.1) is 0 Å². The summed E-state index contributed by atoms with van der Waals surface area (Å²) >= 11 is 0. The van der Waals surface area contributed by atoms with E-state index in [1.165, 1.54) is 4.31 Å². The normalized spacial score (nSPS) is 28.4. The van der Waals surface area contributed by atoms with Crippen LogP contribution in [-0.4, -0.2) is 82.4 Å². The molecule has 38 heavy (non-hydrogen) atoms. The van der Waals surface area contributed by atoms with Crippen LogP contribution in [0.2, 0.25) is 0 Å². The molecule has 12 heteroatoms. The first-order chi connectivity index (χ1) is 17.6. The van der Waals surface area contributed by atoms with Crippen molar-refractivity contribution in [3.63, 3.8) is 0 Å². The molecule has 4 rings (SSSR count). The zero-order valence-electron chi connectivity index (χ0n) is 22.6. The number of para-hydroxylation sites is 1. The first-order valence-corrected chi connectivity index (χ1v) is 16.8. The Bertz CT molecular complexity index is 1310. The van der Waals surface area contributed by atoms with Crippen molar-refractivity contribution in [2.75, 3.05) is 42.3 Å². The lowest BCUT2D eigenvalue weighted by Crippen LogP contribution is -2.58. The van der Waals surface area contributed by atoms with Gasteiger partial charge in [0.25, 0.3) is 0 Å². The molecule has 1 aliphatic heterocycles. The molecule has 1 aromatic rings. The van der Waals surface area contributed by atoms with Crippen molar-refractivity contribution in [3.8, 4) is 0 Å². The van der Waals surface area contributed by atoms with Gasteiger partial charge in [-0.25, -0.2) is 16.8 Å². The monoisotopic (exact) mass is 568 g/mol. The maximum absolute atomic E-state index is 13.8. The van der Waals surface area contributed by atoms with Crippen LogP contribution in [0.4, 0.5) is 5.69 Å². The smallest absolute Gasteiger partial charge is 0.242 e. The van der Waals surface area contributed by atoms with Crippen molar-refractivity contribution in [3.05, 3.63) is 29.8 Å². The summed E-state index contributed by atoms with van der Waals surface area (Å²) in [5.41, 5.74) is 6.69. The molecular formula is C26H40N4O6S2. The Hall–Kier alpha value is -2.02. The number of sulfonamides is 1.